The van der Waals surface area contributed by atoms with Crippen molar-refractivity contribution in [1.82, 2.24) is 10.3 Å². The summed E-state index contributed by atoms with van der Waals surface area (Å²) in [5.41, 5.74) is 3.08. The molecule has 1 N–H and O–H groups in total. The van der Waals surface area contributed by atoms with Crippen LogP contribution in [0.25, 0.3) is 0 Å². The van der Waals surface area contributed by atoms with Gasteiger partial charge in [-0.05, 0) is 91.9 Å². The van der Waals surface area contributed by atoms with Crippen LogP contribution in [0.1, 0.15) is 49.3 Å². The average molecular weight is 268 g/mol. The first-order valence-electron chi connectivity index (χ1n) is 8.54. The third-order valence-electron chi connectivity index (χ3n) is 6.72. The Bertz CT molecular complexity index is 496. The second-order valence-corrected chi connectivity index (χ2v) is 7.76. The molecule has 1 unspecified atom stereocenters. The Morgan fingerprint density at radius 1 is 1.00 bits per heavy atom. The van der Waals surface area contributed by atoms with Gasteiger partial charge in [0, 0.05) is 18.4 Å². The van der Waals surface area contributed by atoms with Crippen molar-refractivity contribution in [3.05, 3.63) is 29.6 Å². The van der Waals surface area contributed by atoms with E-state index in [2.05, 4.69) is 22.6 Å². The van der Waals surface area contributed by atoms with Gasteiger partial charge in [0.1, 0.15) is 0 Å². The van der Waals surface area contributed by atoms with Gasteiger partial charge in [0.25, 0.3) is 0 Å². The highest BCUT2D eigenvalue weighted by molar-refractivity contribution is 5.30. The minimum atomic E-state index is 0.599. The quantitative estimate of drug-likeness (QED) is 0.845. The Morgan fingerprint density at radius 2 is 1.75 bits per heavy atom. The lowest BCUT2D eigenvalue weighted by molar-refractivity contribution is -0.0533. The predicted molar refractivity (Wildman–Crippen MR) is 79.2 cm³/mol. The second kappa shape index (κ2) is 4.30. The van der Waals surface area contributed by atoms with E-state index in [1.807, 2.05) is 6.20 Å². The van der Waals surface area contributed by atoms with Crippen molar-refractivity contribution >= 4 is 0 Å². The van der Waals surface area contributed by atoms with E-state index in [0.29, 0.717) is 6.04 Å². The first kappa shape index (κ1) is 11.7. The van der Waals surface area contributed by atoms with Gasteiger partial charge < -0.3 is 5.32 Å². The summed E-state index contributed by atoms with van der Waals surface area (Å²) in [7, 11) is 0. The van der Waals surface area contributed by atoms with Gasteiger partial charge in [-0.1, -0.05) is 0 Å². The van der Waals surface area contributed by atoms with Gasteiger partial charge in [-0.25, -0.2) is 0 Å². The number of pyridine rings is 1. The van der Waals surface area contributed by atoms with Gasteiger partial charge in [0.15, 0.2) is 0 Å². The molecule has 4 aliphatic carbocycles. The Morgan fingerprint density at radius 3 is 2.50 bits per heavy atom. The molecule has 106 valence electrons. The van der Waals surface area contributed by atoms with Crippen LogP contribution in [0.2, 0.25) is 0 Å². The molecule has 1 atom stereocenters. The highest BCUT2D eigenvalue weighted by Gasteiger charge is 2.51. The molecule has 0 saturated heterocycles. The molecule has 1 aliphatic heterocycles. The molecule has 0 spiro atoms. The van der Waals surface area contributed by atoms with E-state index in [0.717, 1.165) is 36.1 Å². The van der Waals surface area contributed by atoms with E-state index in [1.54, 1.807) is 12.0 Å². The molecular formula is C18H24N2. The van der Waals surface area contributed by atoms with Gasteiger partial charge in [0.2, 0.25) is 0 Å². The molecular weight excluding hydrogens is 244 g/mol. The zero-order chi connectivity index (χ0) is 13.1. The molecule has 0 aromatic carbocycles. The van der Waals surface area contributed by atoms with Crippen molar-refractivity contribution in [2.45, 2.75) is 44.6 Å². The van der Waals surface area contributed by atoms with Crippen molar-refractivity contribution in [1.29, 1.82) is 0 Å². The smallest absolute Gasteiger partial charge is 0.0372 e. The average Bonchev–Trinajstić information content (AvgIpc) is 2.46. The van der Waals surface area contributed by atoms with E-state index >= 15 is 0 Å². The van der Waals surface area contributed by atoms with E-state index in [4.69, 9.17) is 0 Å². The Labute approximate surface area is 121 Å². The number of hydrogen-bond acceptors (Lipinski definition) is 2. The van der Waals surface area contributed by atoms with Crippen LogP contribution in [0.4, 0.5) is 0 Å². The highest BCUT2D eigenvalue weighted by Crippen LogP contribution is 2.59. The summed E-state index contributed by atoms with van der Waals surface area (Å²) in [5.74, 6) is 5.03. The summed E-state index contributed by atoms with van der Waals surface area (Å²) in [5, 5.41) is 3.86. The van der Waals surface area contributed by atoms with Crippen LogP contribution < -0.4 is 5.32 Å². The van der Waals surface area contributed by atoms with Crippen LogP contribution in [0.3, 0.4) is 0 Å². The second-order valence-electron chi connectivity index (χ2n) is 7.76. The lowest BCUT2D eigenvalue weighted by Crippen LogP contribution is -2.50. The molecule has 2 heterocycles. The van der Waals surface area contributed by atoms with Crippen LogP contribution in [0.5, 0.6) is 0 Å². The third-order valence-corrected chi connectivity index (χ3v) is 6.72. The van der Waals surface area contributed by atoms with E-state index in [-0.39, 0.29) is 0 Å². The highest BCUT2D eigenvalue weighted by atomic mass is 14.9. The van der Waals surface area contributed by atoms with Crippen molar-refractivity contribution in [3.8, 4) is 0 Å². The maximum absolute atomic E-state index is 4.42. The van der Waals surface area contributed by atoms with Gasteiger partial charge >= 0.3 is 0 Å². The monoisotopic (exact) mass is 268 g/mol. The molecule has 5 aliphatic rings. The topological polar surface area (TPSA) is 24.9 Å². The molecule has 6 rings (SSSR count). The van der Waals surface area contributed by atoms with Crippen LogP contribution in [0.15, 0.2) is 18.5 Å². The fourth-order valence-corrected chi connectivity index (χ4v) is 6.27. The number of nitrogens with zero attached hydrogens (tertiary/aromatic N) is 1. The fourth-order valence-electron chi connectivity index (χ4n) is 6.27. The SMILES string of the molecule is c1cc2c(cn1)C(C1C3CC4CC(C3)CC1C4)NCC2. The lowest BCUT2D eigenvalue weighted by Gasteiger charge is -2.57. The molecule has 2 heteroatoms. The van der Waals surface area contributed by atoms with Crippen LogP contribution in [-0.2, 0) is 6.42 Å². The summed E-state index contributed by atoms with van der Waals surface area (Å²) in [6.45, 7) is 1.16. The lowest BCUT2D eigenvalue weighted by atomic mass is 9.50. The Hall–Kier alpha value is -0.890. The van der Waals surface area contributed by atoms with Gasteiger partial charge in [-0.2, -0.15) is 0 Å². The standard InChI is InChI=1S/C18H24N2/c1-3-19-10-16-13(1)2-4-20-18(16)17-14-6-11-5-12(8-14)9-15(17)7-11/h1,3,10-12,14-15,17-18,20H,2,4-9H2. The summed E-state index contributed by atoms with van der Waals surface area (Å²) < 4.78 is 0. The number of hydrogen-bond donors (Lipinski definition) is 1. The maximum atomic E-state index is 4.42. The molecule has 1 aromatic heterocycles. The first-order chi connectivity index (χ1) is 9.88. The zero-order valence-corrected chi connectivity index (χ0v) is 12.1. The van der Waals surface area contributed by atoms with E-state index in [1.165, 1.54) is 37.7 Å². The molecule has 2 nitrogen and oxygen atoms in total. The number of fused-ring (bicyclic) bond motifs is 1. The number of aromatic nitrogens is 1. The molecule has 1 aromatic rings. The Kier molecular flexibility index (Phi) is 2.52. The summed E-state index contributed by atoms with van der Waals surface area (Å²) in [6, 6.07) is 2.85. The van der Waals surface area contributed by atoms with Crippen molar-refractivity contribution in [3.63, 3.8) is 0 Å². The minimum absolute atomic E-state index is 0.599. The number of rotatable bonds is 1. The summed E-state index contributed by atoms with van der Waals surface area (Å²) >= 11 is 0. The number of nitrogens with one attached hydrogen (secondary N) is 1. The normalized spacial score (nSPS) is 45.4. The minimum Gasteiger partial charge on any atom is -0.309 e. The largest absolute Gasteiger partial charge is 0.309 e. The summed E-state index contributed by atoms with van der Waals surface area (Å²) in [6.07, 6.45) is 12.9. The molecule has 0 radical (unpaired) electrons. The first-order valence-corrected chi connectivity index (χ1v) is 8.54. The van der Waals surface area contributed by atoms with Gasteiger partial charge in [-0.15, -0.1) is 0 Å². The van der Waals surface area contributed by atoms with Crippen LogP contribution in [-0.4, -0.2) is 11.5 Å². The van der Waals surface area contributed by atoms with Crippen molar-refractivity contribution < 1.29 is 0 Å². The van der Waals surface area contributed by atoms with Crippen LogP contribution in [0, 0.1) is 29.6 Å². The molecule has 4 bridgehead atoms. The summed E-state index contributed by atoms with van der Waals surface area (Å²) in [4.78, 5) is 4.42. The molecule has 4 saturated carbocycles. The third kappa shape index (κ3) is 1.64. The Balaban J connectivity index is 1.52. The zero-order valence-electron chi connectivity index (χ0n) is 12.1. The predicted octanol–water partition coefficient (Wildman–Crippen LogP) is 3.34. The molecule has 0 amide bonds. The fraction of sp³-hybridized carbons (Fsp3) is 0.722. The molecule has 4 fully saturated rings. The van der Waals surface area contributed by atoms with Crippen molar-refractivity contribution in [2.75, 3.05) is 6.54 Å². The molecule has 20 heavy (non-hydrogen) atoms. The maximum Gasteiger partial charge on any atom is 0.0372 e. The van der Waals surface area contributed by atoms with E-state index in [9.17, 15) is 0 Å². The van der Waals surface area contributed by atoms with E-state index < -0.39 is 0 Å². The van der Waals surface area contributed by atoms with Crippen molar-refractivity contribution in [2.24, 2.45) is 29.6 Å². The van der Waals surface area contributed by atoms with Gasteiger partial charge in [-0.3, -0.25) is 4.98 Å². The van der Waals surface area contributed by atoms with Gasteiger partial charge in [0.05, 0.1) is 0 Å². The van der Waals surface area contributed by atoms with Crippen LogP contribution >= 0.6 is 0 Å².